The maximum absolute atomic E-state index is 10.2. The quantitative estimate of drug-likeness (QED) is 0.142. The van der Waals surface area contributed by atoms with Crippen LogP contribution in [0.1, 0.15) is 18.7 Å². The zero-order chi connectivity index (χ0) is 17.8. The summed E-state index contributed by atoms with van der Waals surface area (Å²) in [6.45, 7) is 2.18. The van der Waals surface area contributed by atoms with Crippen LogP contribution in [0, 0.1) is 6.92 Å². The molecule has 0 saturated heterocycles. The van der Waals surface area contributed by atoms with E-state index in [4.69, 9.17) is 27.4 Å². The Hall–Kier alpha value is -2.34. The Bertz CT molecular complexity index is 530. The normalized spacial score (nSPS) is 11.0. The average Bonchev–Trinajstić information content (AvgIpc) is 2.87. The van der Waals surface area contributed by atoms with Gasteiger partial charge in [-0.15, -0.1) is 5.10 Å². The van der Waals surface area contributed by atoms with Crippen LogP contribution in [0.25, 0.3) is 0 Å². The summed E-state index contributed by atoms with van der Waals surface area (Å²) in [6.07, 6.45) is 0.956. The second kappa shape index (κ2) is 11.3. The number of hydrogen-bond donors (Lipinski definition) is 6. The van der Waals surface area contributed by atoms with Crippen molar-refractivity contribution in [1.29, 1.82) is 0 Å². The molecule has 0 spiro atoms. The molecular weight excluding hydrogens is 326 g/mol. The Morgan fingerprint density at radius 3 is 2.48 bits per heavy atom. The number of guanidine groups is 1. The summed E-state index contributed by atoms with van der Waals surface area (Å²) in [7, 11) is 0. The molecule has 0 aliphatic rings. The third kappa shape index (κ3) is 11.9. The van der Waals surface area contributed by atoms with Gasteiger partial charge in [-0.2, -0.15) is 0 Å². The maximum Gasteiger partial charge on any atom is 0.320 e. The van der Waals surface area contributed by atoms with Crippen LogP contribution >= 0.6 is 11.8 Å². The number of H-pyrrole nitrogens is 1. The van der Waals surface area contributed by atoms with Gasteiger partial charge in [-0.05, 0) is 19.8 Å². The largest absolute Gasteiger partial charge is 0.481 e. The number of nitrogens with one attached hydrogen (secondary N) is 1. The third-order valence-corrected chi connectivity index (χ3v) is 3.02. The summed E-state index contributed by atoms with van der Waals surface area (Å²) in [5, 5.41) is 23.5. The van der Waals surface area contributed by atoms with Crippen LogP contribution in [0.4, 0.5) is 0 Å². The zero-order valence-electron chi connectivity index (χ0n) is 12.6. The van der Waals surface area contributed by atoms with Crippen molar-refractivity contribution in [2.75, 3.05) is 12.3 Å². The molecule has 1 atom stereocenters. The monoisotopic (exact) mass is 347 g/mol. The van der Waals surface area contributed by atoms with Crippen LogP contribution in [0.5, 0.6) is 0 Å². The number of rotatable bonds is 8. The fourth-order valence-electron chi connectivity index (χ4n) is 1.16. The zero-order valence-corrected chi connectivity index (χ0v) is 13.4. The van der Waals surface area contributed by atoms with Crippen LogP contribution in [-0.2, 0) is 9.59 Å². The first kappa shape index (κ1) is 20.7. The van der Waals surface area contributed by atoms with Crippen molar-refractivity contribution in [1.82, 2.24) is 15.2 Å². The fraction of sp³-hybridized carbons (Fsp3) is 0.545. The van der Waals surface area contributed by atoms with Crippen LogP contribution in [0.2, 0.25) is 0 Å². The Morgan fingerprint density at radius 2 is 2.04 bits per heavy atom. The lowest BCUT2D eigenvalue weighted by atomic mass is 10.2. The van der Waals surface area contributed by atoms with Crippen molar-refractivity contribution in [3.63, 3.8) is 0 Å². The van der Waals surface area contributed by atoms with Crippen molar-refractivity contribution in [3.05, 3.63) is 5.82 Å². The molecule has 11 nitrogen and oxygen atoms in total. The summed E-state index contributed by atoms with van der Waals surface area (Å²) < 4.78 is 0. The number of aliphatic imine (C=N–C) groups is 1. The van der Waals surface area contributed by atoms with Crippen LogP contribution < -0.4 is 17.2 Å². The summed E-state index contributed by atoms with van der Waals surface area (Å²) in [4.78, 5) is 27.9. The molecule has 0 fully saturated rings. The van der Waals surface area contributed by atoms with E-state index in [1.807, 2.05) is 0 Å². The van der Waals surface area contributed by atoms with Gasteiger partial charge in [0.2, 0.25) is 5.16 Å². The predicted octanol–water partition coefficient (Wildman–Crippen LogP) is -1.26. The van der Waals surface area contributed by atoms with Gasteiger partial charge in [0.05, 0.1) is 5.75 Å². The van der Waals surface area contributed by atoms with Crippen molar-refractivity contribution < 1.29 is 19.8 Å². The first-order valence-corrected chi connectivity index (χ1v) is 7.48. The van der Waals surface area contributed by atoms with Gasteiger partial charge < -0.3 is 27.4 Å². The highest BCUT2D eigenvalue weighted by Crippen LogP contribution is 2.10. The molecule has 0 amide bonds. The number of nitrogens with zero attached hydrogens (tertiary/aromatic N) is 3. The van der Waals surface area contributed by atoms with Crippen molar-refractivity contribution in [2.45, 2.75) is 31.0 Å². The lowest BCUT2D eigenvalue weighted by molar-refractivity contribution is -0.138. The van der Waals surface area contributed by atoms with Gasteiger partial charge in [0.25, 0.3) is 0 Å². The Labute approximate surface area is 136 Å². The van der Waals surface area contributed by atoms with Gasteiger partial charge in [-0.3, -0.25) is 19.7 Å². The number of aryl methyl sites for hydroxylation is 1. The number of thioether (sulfide) groups is 1. The van der Waals surface area contributed by atoms with Crippen LogP contribution in [-0.4, -0.2) is 61.6 Å². The lowest BCUT2D eigenvalue weighted by Gasteiger charge is -2.03. The number of aliphatic carboxylic acids is 2. The molecule has 0 aliphatic carbocycles. The first-order valence-electron chi connectivity index (χ1n) is 6.49. The van der Waals surface area contributed by atoms with Crippen molar-refractivity contribution in [2.24, 2.45) is 22.2 Å². The molecule has 0 bridgehead atoms. The molecule has 1 heterocycles. The Morgan fingerprint density at radius 1 is 1.39 bits per heavy atom. The number of carbonyl (C=O) groups is 2. The minimum absolute atomic E-state index is 0.00269. The summed E-state index contributed by atoms with van der Waals surface area (Å²) in [6, 6.07) is -0.820. The molecule has 23 heavy (non-hydrogen) atoms. The van der Waals surface area contributed by atoms with Crippen LogP contribution in [0.15, 0.2) is 10.1 Å². The molecule has 0 aromatic carbocycles. The minimum atomic E-state index is -1.00. The van der Waals surface area contributed by atoms with Gasteiger partial charge in [0.15, 0.2) is 5.96 Å². The van der Waals surface area contributed by atoms with E-state index in [-0.39, 0.29) is 11.7 Å². The highest BCUT2D eigenvalue weighted by molar-refractivity contribution is 7.99. The number of carboxylic acid groups (broad SMARTS) is 2. The van der Waals surface area contributed by atoms with E-state index in [9.17, 15) is 9.59 Å². The molecule has 1 rings (SSSR count). The van der Waals surface area contributed by atoms with Crippen LogP contribution in [0.3, 0.4) is 0 Å². The molecule has 1 aromatic heterocycles. The molecule has 130 valence electrons. The predicted molar refractivity (Wildman–Crippen MR) is 85.0 cm³/mol. The van der Waals surface area contributed by atoms with Gasteiger partial charge >= 0.3 is 11.9 Å². The third-order valence-electron chi connectivity index (χ3n) is 2.19. The number of aromatic nitrogens is 3. The van der Waals surface area contributed by atoms with Gasteiger partial charge in [0, 0.05) is 6.54 Å². The number of carboxylic acids is 2. The molecule has 9 N–H and O–H groups in total. The molecule has 0 saturated carbocycles. The van der Waals surface area contributed by atoms with E-state index in [1.54, 1.807) is 6.92 Å². The molecule has 0 unspecified atom stereocenters. The molecular formula is C11H21N7O4S. The Balaban J connectivity index is 0.000000422. The van der Waals surface area contributed by atoms with E-state index < -0.39 is 18.0 Å². The minimum Gasteiger partial charge on any atom is -0.481 e. The van der Waals surface area contributed by atoms with E-state index in [0.29, 0.717) is 30.4 Å². The molecule has 0 aliphatic heterocycles. The number of nitrogens with two attached hydrogens (primary N) is 3. The molecule has 12 heteroatoms. The summed E-state index contributed by atoms with van der Waals surface area (Å²) in [5.74, 6) is -1.16. The highest BCUT2D eigenvalue weighted by atomic mass is 32.2. The smallest absolute Gasteiger partial charge is 0.320 e. The van der Waals surface area contributed by atoms with Gasteiger partial charge in [-0.25, -0.2) is 4.98 Å². The second-order valence-electron chi connectivity index (χ2n) is 4.28. The number of hydrogen-bond acceptors (Lipinski definition) is 7. The Kier molecular flexibility index (Phi) is 10.1. The van der Waals surface area contributed by atoms with E-state index >= 15 is 0 Å². The average molecular weight is 347 g/mol. The topological polar surface area (TPSA) is 207 Å². The lowest BCUT2D eigenvalue weighted by Crippen LogP contribution is -2.30. The second-order valence-corrected chi connectivity index (χ2v) is 5.22. The highest BCUT2D eigenvalue weighted by Gasteiger charge is 2.09. The fourth-order valence-corrected chi connectivity index (χ4v) is 1.72. The standard InChI is InChI=1S/C6H14N4O2.C5H7N3O2S/c7-4(5(11)12)2-1-3-10-6(8)9;1-3-6-5(8-7-3)11-2-4(9)10/h4H,1-3,7H2,(H,11,12)(H4,8,9,10);2H2,1H3,(H,9,10)(H,6,7,8)/t4-;/m0./s1. The SMILES string of the molecule is Cc1nc(SCC(=O)O)n[nH]1.NC(N)=NCCC[C@H](N)C(=O)O. The summed E-state index contributed by atoms with van der Waals surface area (Å²) in [5.41, 5.74) is 15.3. The van der Waals surface area contributed by atoms with E-state index in [0.717, 1.165) is 11.8 Å². The first-order chi connectivity index (χ1) is 10.7. The molecule has 0 radical (unpaired) electrons. The van der Waals surface area contributed by atoms with E-state index in [1.165, 1.54) is 0 Å². The molecule has 1 aromatic rings. The van der Waals surface area contributed by atoms with E-state index in [2.05, 4.69) is 20.2 Å². The van der Waals surface area contributed by atoms with Crippen molar-refractivity contribution in [3.8, 4) is 0 Å². The van der Waals surface area contributed by atoms with Crippen molar-refractivity contribution >= 4 is 29.7 Å². The van der Waals surface area contributed by atoms with Gasteiger partial charge in [-0.1, -0.05) is 11.8 Å². The summed E-state index contributed by atoms with van der Waals surface area (Å²) >= 11 is 1.10. The maximum atomic E-state index is 10.2. The van der Waals surface area contributed by atoms with Gasteiger partial charge in [0.1, 0.15) is 11.9 Å². The number of aromatic amines is 1.